The van der Waals surface area contributed by atoms with Crippen molar-refractivity contribution in [2.24, 2.45) is 0 Å². The first kappa shape index (κ1) is 60.8. The van der Waals surface area contributed by atoms with E-state index in [0.717, 1.165) is 121 Å². The second-order valence-corrected chi connectivity index (χ2v) is 21.2. The van der Waals surface area contributed by atoms with Crippen molar-refractivity contribution in [3.05, 3.63) is 214 Å². The van der Waals surface area contributed by atoms with Crippen LogP contribution in [0, 0.1) is 0 Å². The maximum atomic E-state index is 11.9. The maximum Gasteiger partial charge on any atom is 0.337 e. The van der Waals surface area contributed by atoms with Crippen LogP contribution in [0.2, 0.25) is 0 Å². The van der Waals surface area contributed by atoms with Crippen molar-refractivity contribution < 1.29 is 47.5 Å². The number of nitrogens with one attached hydrogen (secondary N) is 4. The number of ether oxygens (including phenoxy) is 8. The SMILES string of the molecule is COC(=O)c1ccc2cc(CN[C@@H]3CNCC[C@@H]3c3ccc(OCCCOCc4ccccc4OC)cc3)ccc2c1.COC(=O)c1ccc2cc(CN[C@H]3CNCC[C@H]3c3ccc(OCCCOCc4ccccc4OC)cc3)ccc2c1. The van der Waals surface area contributed by atoms with Crippen LogP contribution in [0.15, 0.2) is 170 Å². The van der Waals surface area contributed by atoms with Crippen LogP contribution in [0.1, 0.15) is 91.6 Å². The average Bonchev–Trinajstić information content (AvgIpc) is 3.66. The van der Waals surface area contributed by atoms with Crippen molar-refractivity contribution in [1.82, 2.24) is 21.3 Å². The fourth-order valence-corrected chi connectivity index (χ4v) is 11.1. The molecule has 14 heteroatoms. The molecule has 2 saturated heterocycles. The summed E-state index contributed by atoms with van der Waals surface area (Å²) in [7, 11) is 6.16. The summed E-state index contributed by atoms with van der Waals surface area (Å²) in [5.41, 5.74) is 8.33. The Kier molecular flexibility index (Phi) is 23.0. The van der Waals surface area contributed by atoms with Gasteiger partial charge in [-0.3, -0.25) is 0 Å². The highest BCUT2D eigenvalue weighted by Crippen LogP contribution is 2.31. The summed E-state index contributed by atoms with van der Waals surface area (Å²) >= 11 is 0. The number of para-hydroxylation sites is 2. The van der Waals surface area contributed by atoms with Gasteiger partial charge in [0.05, 0.1) is 79.2 Å². The van der Waals surface area contributed by atoms with E-state index in [4.69, 9.17) is 37.9 Å². The van der Waals surface area contributed by atoms with Gasteiger partial charge in [-0.2, -0.15) is 0 Å². The molecule has 0 aliphatic carbocycles. The molecule has 2 fully saturated rings. The number of esters is 2. The number of carbonyl (C=O) groups is 2. The minimum Gasteiger partial charge on any atom is -0.496 e. The van der Waals surface area contributed by atoms with Crippen molar-refractivity contribution in [3.63, 3.8) is 0 Å². The van der Waals surface area contributed by atoms with Gasteiger partial charge in [0.2, 0.25) is 0 Å². The normalized spacial score (nSPS) is 16.7. The third kappa shape index (κ3) is 17.2. The van der Waals surface area contributed by atoms with Crippen LogP contribution in [0.3, 0.4) is 0 Å². The number of carbonyl (C=O) groups excluding carboxylic acids is 2. The number of methoxy groups -OCH3 is 4. The molecule has 84 heavy (non-hydrogen) atoms. The Balaban J connectivity index is 0.000000202. The zero-order valence-electron chi connectivity index (χ0n) is 48.9. The average molecular weight is 1140 g/mol. The Morgan fingerprint density at radius 3 is 1.29 bits per heavy atom. The molecule has 0 spiro atoms. The molecule has 10 rings (SSSR count). The van der Waals surface area contributed by atoms with E-state index in [1.807, 2.05) is 84.9 Å². The molecular weight excluding hydrogens is 1060 g/mol. The Bertz CT molecular complexity index is 3130. The Morgan fingerprint density at radius 1 is 0.464 bits per heavy atom. The van der Waals surface area contributed by atoms with Crippen LogP contribution in [-0.2, 0) is 45.3 Å². The minimum absolute atomic E-state index is 0.316. The summed E-state index contributed by atoms with van der Waals surface area (Å²) < 4.78 is 44.0. The van der Waals surface area contributed by atoms with E-state index < -0.39 is 0 Å². The van der Waals surface area contributed by atoms with Crippen LogP contribution in [0.25, 0.3) is 21.5 Å². The monoisotopic (exact) mass is 1140 g/mol. The third-order valence-corrected chi connectivity index (χ3v) is 15.7. The van der Waals surface area contributed by atoms with Gasteiger partial charge in [-0.15, -0.1) is 0 Å². The van der Waals surface area contributed by atoms with Gasteiger partial charge in [-0.1, -0.05) is 97.1 Å². The largest absolute Gasteiger partial charge is 0.496 e. The van der Waals surface area contributed by atoms with Crippen LogP contribution < -0.4 is 40.2 Å². The van der Waals surface area contributed by atoms with E-state index in [1.54, 1.807) is 14.2 Å². The van der Waals surface area contributed by atoms with Crippen molar-refractivity contribution in [2.75, 3.05) is 81.0 Å². The lowest BCUT2D eigenvalue weighted by molar-refractivity contribution is 0.0592. The quantitative estimate of drug-likeness (QED) is 0.0300. The number of rotatable bonds is 26. The van der Waals surface area contributed by atoms with Gasteiger partial charge in [-0.25, -0.2) is 9.59 Å². The van der Waals surface area contributed by atoms with Gasteiger partial charge in [-0.05, 0) is 143 Å². The molecule has 2 aliphatic heterocycles. The van der Waals surface area contributed by atoms with E-state index in [-0.39, 0.29) is 11.9 Å². The predicted octanol–water partition coefficient (Wildman–Crippen LogP) is 11.7. The number of hydrogen-bond acceptors (Lipinski definition) is 14. The third-order valence-electron chi connectivity index (χ3n) is 15.7. The van der Waals surface area contributed by atoms with Gasteiger partial charge in [0.15, 0.2) is 0 Å². The zero-order chi connectivity index (χ0) is 58.3. The number of fused-ring (bicyclic) bond motifs is 2. The van der Waals surface area contributed by atoms with Crippen molar-refractivity contribution >= 4 is 33.5 Å². The van der Waals surface area contributed by atoms with E-state index in [2.05, 4.69) is 106 Å². The second kappa shape index (κ2) is 31.7. The molecule has 0 radical (unpaired) electrons. The second-order valence-electron chi connectivity index (χ2n) is 21.2. The summed E-state index contributed by atoms with van der Waals surface area (Å²) in [6.45, 7) is 8.96. The number of benzene rings is 8. The lowest BCUT2D eigenvalue weighted by Gasteiger charge is -2.33. The minimum atomic E-state index is -0.316. The van der Waals surface area contributed by atoms with Crippen LogP contribution in [0.5, 0.6) is 23.0 Å². The maximum absolute atomic E-state index is 11.9. The lowest BCUT2D eigenvalue weighted by atomic mass is 9.86. The van der Waals surface area contributed by atoms with E-state index in [1.165, 1.54) is 36.5 Å². The number of piperidine rings is 2. The molecule has 8 aromatic carbocycles. The Labute approximate surface area is 494 Å². The smallest absolute Gasteiger partial charge is 0.337 e. The molecule has 2 aliphatic rings. The molecule has 0 amide bonds. The first-order chi connectivity index (χ1) is 41.3. The molecule has 14 nitrogen and oxygen atoms in total. The molecule has 2 heterocycles. The Morgan fingerprint density at radius 2 is 0.869 bits per heavy atom. The standard InChI is InChI=1S/2C35H40N2O5/c2*1-39-34-7-4-3-6-30(34)24-41-18-5-19-42-31-14-12-26(13-15-31)32-16-17-36-23-33(32)37-22-25-8-9-28-21-29(35(38)40-2)11-10-27(28)20-25/h2*3-4,6-15,20-21,32-33,36-37H,5,16-19,22-24H2,1-2H3/t2*32-,33-/m10/s1. The predicted molar refractivity (Wildman–Crippen MR) is 331 cm³/mol. The van der Waals surface area contributed by atoms with Gasteiger partial charge in [0, 0.05) is 74.1 Å². The van der Waals surface area contributed by atoms with E-state index in [9.17, 15) is 9.59 Å². The molecule has 0 unspecified atom stereocenters. The van der Waals surface area contributed by atoms with Gasteiger partial charge >= 0.3 is 11.9 Å². The molecule has 8 aromatic rings. The van der Waals surface area contributed by atoms with Crippen LogP contribution in [0.4, 0.5) is 0 Å². The summed E-state index contributed by atoms with van der Waals surface area (Å²) in [6, 6.07) is 57.7. The van der Waals surface area contributed by atoms with Gasteiger partial charge in [0.1, 0.15) is 23.0 Å². The first-order valence-electron chi connectivity index (χ1n) is 29.2. The lowest BCUT2D eigenvalue weighted by Crippen LogP contribution is -2.47. The molecule has 0 saturated carbocycles. The fourth-order valence-electron chi connectivity index (χ4n) is 11.1. The molecule has 4 atom stereocenters. The van der Waals surface area contributed by atoms with E-state index >= 15 is 0 Å². The van der Waals surface area contributed by atoms with Crippen molar-refractivity contribution in [3.8, 4) is 23.0 Å². The summed E-state index contributed by atoms with van der Waals surface area (Å²) in [6.07, 6.45) is 3.79. The van der Waals surface area contributed by atoms with Crippen molar-refractivity contribution in [2.45, 2.75) is 75.9 Å². The zero-order valence-corrected chi connectivity index (χ0v) is 48.9. The summed E-state index contributed by atoms with van der Waals surface area (Å²) in [4.78, 5) is 23.7. The van der Waals surface area contributed by atoms with E-state index in [0.29, 0.717) is 74.7 Å². The highest BCUT2D eigenvalue weighted by atomic mass is 16.5. The van der Waals surface area contributed by atoms with Crippen molar-refractivity contribution in [1.29, 1.82) is 0 Å². The topological polar surface area (TPSA) is 156 Å². The highest BCUT2D eigenvalue weighted by Gasteiger charge is 2.27. The van der Waals surface area contributed by atoms with Crippen LogP contribution in [-0.4, -0.2) is 105 Å². The Hall–Kier alpha value is -7.82. The summed E-state index contributed by atoms with van der Waals surface area (Å²) in [5, 5.41) is 18.9. The summed E-state index contributed by atoms with van der Waals surface area (Å²) in [5.74, 6) is 3.68. The van der Waals surface area contributed by atoms with Gasteiger partial charge < -0.3 is 59.2 Å². The van der Waals surface area contributed by atoms with Crippen LogP contribution >= 0.6 is 0 Å². The fraction of sp³-hybridized carbons (Fsp3) is 0.343. The molecular formula is C70H80N4O10. The molecule has 4 N–H and O–H groups in total. The highest BCUT2D eigenvalue weighted by molar-refractivity contribution is 5.96. The number of hydrogen-bond donors (Lipinski definition) is 4. The molecule has 0 aromatic heterocycles. The van der Waals surface area contributed by atoms with Gasteiger partial charge in [0.25, 0.3) is 0 Å². The first-order valence-corrected chi connectivity index (χ1v) is 29.2. The molecule has 0 bridgehead atoms. The molecule has 440 valence electrons.